The maximum Gasteiger partial charge on any atom is 0.236 e. The van der Waals surface area contributed by atoms with Gasteiger partial charge in [0.2, 0.25) is 11.9 Å². The van der Waals surface area contributed by atoms with Gasteiger partial charge in [-0.3, -0.25) is 4.79 Å². The number of carbonyl (C=O) groups is 1. The third kappa shape index (κ3) is 4.53. The number of aliphatic hydroxyl groups excluding tert-OH is 1. The van der Waals surface area contributed by atoms with Crippen LogP contribution in [0.1, 0.15) is 42.9 Å². The predicted molar refractivity (Wildman–Crippen MR) is 129 cm³/mol. The number of aliphatic hydroxyl groups is 1. The number of amides is 1. The van der Waals surface area contributed by atoms with Gasteiger partial charge in [0, 0.05) is 43.8 Å². The molecule has 1 atom stereocenters. The van der Waals surface area contributed by atoms with Crippen molar-refractivity contribution in [2.45, 2.75) is 38.0 Å². The van der Waals surface area contributed by atoms with Crippen molar-refractivity contribution in [2.75, 3.05) is 42.9 Å². The molecular weight excluding hydrogens is 416 g/mol. The Labute approximate surface area is 194 Å². The Hall–Kier alpha value is -3.13. The number of allylic oxidation sites excluding steroid dienone is 2. The molecule has 0 bridgehead atoms. The lowest BCUT2D eigenvalue weighted by Crippen LogP contribution is -2.50. The molecule has 1 unspecified atom stereocenters. The highest BCUT2D eigenvalue weighted by molar-refractivity contribution is 5.78. The zero-order chi connectivity index (χ0) is 22.8. The molecule has 2 aromatic rings. The van der Waals surface area contributed by atoms with Gasteiger partial charge >= 0.3 is 0 Å². The van der Waals surface area contributed by atoms with E-state index in [9.17, 15) is 9.90 Å². The molecule has 1 amide bonds. The van der Waals surface area contributed by atoms with Crippen molar-refractivity contribution < 1.29 is 9.90 Å². The van der Waals surface area contributed by atoms with Gasteiger partial charge in [0.05, 0.1) is 23.9 Å². The molecule has 3 aliphatic rings. The van der Waals surface area contributed by atoms with Gasteiger partial charge in [-0.2, -0.15) is 0 Å². The van der Waals surface area contributed by atoms with Crippen LogP contribution in [0, 0.1) is 5.92 Å². The van der Waals surface area contributed by atoms with E-state index >= 15 is 0 Å². The second kappa shape index (κ2) is 9.39. The monoisotopic (exact) mass is 448 g/mol. The SMILES string of the molecule is NCC(=O)N1CCN(c2ccc(Nc3ncc4c(n3)C(C3CCCC3)C(O)=CC4)cc2)CC1. The number of anilines is 3. The number of aromatic nitrogens is 2. The molecule has 1 saturated heterocycles. The first-order chi connectivity index (χ1) is 16.1. The molecule has 2 aliphatic carbocycles. The van der Waals surface area contributed by atoms with Crippen molar-refractivity contribution in [3.8, 4) is 0 Å². The molecule has 0 spiro atoms. The van der Waals surface area contributed by atoms with E-state index in [0.29, 0.717) is 37.1 Å². The summed E-state index contributed by atoms with van der Waals surface area (Å²) >= 11 is 0. The molecule has 5 rings (SSSR count). The lowest BCUT2D eigenvalue weighted by atomic mass is 9.81. The Morgan fingerprint density at radius 2 is 1.85 bits per heavy atom. The van der Waals surface area contributed by atoms with Gasteiger partial charge in [-0.05, 0) is 61.1 Å². The van der Waals surface area contributed by atoms with Crippen LogP contribution in [0.5, 0.6) is 0 Å². The average molecular weight is 449 g/mol. The summed E-state index contributed by atoms with van der Waals surface area (Å²) in [6, 6.07) is 8.22. The fourth-order valence-corrected chi connectivity index (χ4v) is 5.37. The quantitative estimate of drug-likeness (QED) is 0.645. The van der Waals surface area contributed by atoms with Crippen LogP contribution in [-0.4, -0.2) is 58.6 Å². The molecule has 1 aromatic heterocycles. The molecule has 174 valence electrons. The van der Waals surface area contributed by atoms with Crippen LogP contribution in [0.25, 0.3) is 0 Å². The molecule has 2 heterocycles. The molecule has 33 heavy (non-hydrogen) atoms. The van der Waals surface area contributed by atoms with E-state index in [1.54, 1.807) is 0 Å². The molecule has 2 fully saturated rings. The summed E-state index contributed by atoms with van der Waals surface area (Å²) in [6.07, 6.45) is 9.24. The number of nitrogens with two attached hydrogens (primary N) is 1. The number of piperazine rings is 1. The fourth-order valence-electron chi connectivity index (χ4n) is 5.37. The Morgan fingerprint density at radius 1 is 1.12 bits per heavy atom. The summed E-state index contributed by atoms with van der Waals surface area (Å²) in [6.45, 7) is 3.06. The third-order valence-corrected chi connectivity index (χ3v) is 7.21. The van der Waals surface area contributed by atoms with Crippen LogP contribution >= 0.6 is 0 Å². The first-order valence-electron chi connectivity index (χ1n) is 12.0. The van der Waals surface area contributed by atoms with Crippen LogP contribution in [0.4, 0.5) is 17.3 Å². The molecule has 1 aromatic carbocycles. The Morgan fingerprint density at radius 3 is 2.55 bits per heavy atom. The number of hydrogen-bond acceptors (Lipinski definition) is 7. The zero-order valence-electron chi connectivity index (χ0n) is 18.9. The number of carbonyl (C=O) groups excluding carboxylic acids is 1. The minimum atomic E-state index is -0.00741. The summed E-state index contributed by atoms with van der Waals surface area (Å²) in [5, 5.41) is 14.0. The van der Waals surface area contributed by atoms with Crippen molar-refractivity contribution in [2.24, 2.45) is 11.7 Å². The molecule has 8 nitrogen and oxygen atoms in total. The molecule has 4 N–H and O–H groups in total. The van der Waals surface area contributed by atoms with Gasteiger partial charge in [0.15, 0.2) is 0 Å². The fraction of sp³-hybridized carbons (Fsp3) is 0.480. The van der Waals surface area contributed by atoms with E-state index in [2.05, 4.69) is 27.3 Å². The zero-order valence-corrected chi connectivity index (χ0v) is 18.9. The van der Waals surface area contributed by atoms with E-state index in [-0.39, 0.29) is 18.4 Å². The summed E-state index contributed by atoms with van der Waals surface area (Å²) in [4.78, 5) is 25.3. The van der Waals surface area contributed by atoms with Crippen molar-refractivity contribution in [1.82, 2.24) is 14.9 Å². The first-order valence-corrected chi connectivity index (χ1v) is 12.0. The number of nitrogens with zero attached hydrogens (tertiary/aromatic N) is 4. The van der Waals surface area contributed by atoms with Crippen LogP contribution in [0.2, 0.25) is 0 Å². The lowest BCUT2D eigenvalue weighted by Gasteiger charge is -2.36. The van der Waals surface area contributed by atoms with Crippen molar-refractivity contribution in [1.29, 1.82) is 0 Å². The van der Waals surface area contributed by atoms with E-state index in [4.69, 9.17) is 10.7 Å². The van der Waals surface area contributed by atoms with E-state index in [0.717, 1.165) is 48.6 Å². The highest BCUT2D eigenvalue weighted by atomic mass is 16.3. The molecule has 1 aliphatic heterocycles. The maximum absolute atomic E-state index is 11.8. The third-order valence-electron chi connectivity index (χ3n) is 7.21. The van der Waals surface area contributed by atoms with Crippen LogP contribution < -0.4 is 16.0 Å². The second-order valence-corrected chi connectivity index (χ2v) is 9.20. The minimum absolute atomic E-state index is 0.00741. The van der Waals surface area contributed by atoms with E-state index in [1.165, 1.54) is 12.8 Å². The highest BCUT2D eigenvalue weighted by Crippen LogP contribution is 2.43. The average Bonchev–Trinajstić information content (AvgIpc) is 3.38. The van der Waals surface area contributed by atoms with Gasteiger partial charge < -0.3 is 26.0 Å². The second-order valence-electron chi connectivity index (χ2n) is 9.20. The smallest absolute Gasteiger partial charge is 0.236 e. The van der Waals surface area contributed by atoms with Crippen molar-refractivity contribution >= 4 is 23.2 Å². The predicted octanol–water partition coefficient (Wildman–Crippen LogP) is 3.10. The topological polar surface area (TPSA) is 108 Å². The largest absolute Gasteiger partial charge is 0.512 e. The van der Waals surface area contributed by atoms with Crippen LogP contribution in [-0.2, 0) is 11.2 Å². The van der Waals surface area contributed by atoms with Crippen LogP contribution in [0.15, 0.2) is 42.3 Å². The summed E-state index contributed by atoms with van der Waals surface area (Å²) in [7, 11) is 0. The minimum Gasteiger partial charge on any atom is -0.512 e. The molecular formula is C25H32N6O2. The number of benzene rings is 1. The Balaban J connectivity index is 1.26. The number of hydrogen-bond donors (Lipinski definition) is 3. The maximum atomic E-state index is 11.8. The van der Waals surface area contributed by atoms with E-state index < -0.39 is 0 Å². The molecule has 0 radical (unpaired) electrons. The summed E-state index contributed by atoms with van der Waals surface area (Å²) in [5.74, 6) is 1.50. The van der Waals surface area contributed by atoms with Crippen LogP contribution in [0.3, 0.4) is 0 Å². The van der Waals surface area contributed by atoms with Crippen molar-refractivity contribution in [3.05, 3.63) is 53.6 Å². The normalized spacial score (nSPS) is 21.0. The number of fused-ring (bicyclic) bond motifs is 1. The molecule has 8 heteroatoms. The first kappa shape index (κ1) is 21.7. The van der Waals surface area contributed by atoms with Gasteiger partial charge in [0.25, 0.3) is 0 Å². The number of rotatable bonds is 5. The Bertz CT molecular complexity index is 1020. The number of nitrogens with one attached hydrogen (secondary N) is 1. The van der Waals surface area contributed by atoms with Gasteiger partial charge in [-0.25, -0.2) is 9.97 Å². The standard InChI is InChI=1S/C25H32N6O2/c26-15-22(33)31-13-11-30(12-14-31)20-8-6-19(7-9-20)28-25-27-16-18-5-10-21(32)23(24(18)29-25)17-3-1-2-4-17/h6-10,16-17,23,32H,1-5,11-15,26H2,(H,27,28,29). The highest BCUT2D eigenvalue weighted by Gasteiger charge is 2.34. The van der Waals surface area contributed by atoms with Gasteiger partial charge in [-0.1, -0.05) is 12.8 Å². The van der Waals surface area contributed by atoms with Gasteiger partial charge in [-0.15, -0.1) is 0 Å². The Kier molecular flexibility index (Phi) is 6.17. The molecule has 1 saturated carbocycles. The lowest BCUT2D eigenvalue weighted by molar-refractivity contribution is -0.129. The van der Waals surface area contributed by atoms with Crippen molar-refractivity contribution in [3.63, 3.8) is 0 Å². The summed E-state index contributed by atoms with van der Waals surface area (Å²) < 4.78 is 0. The summed E-state index contributed by atoms with van der Waals surface area (Å²) in [5.41, 5.74) is 9.61. The van der Waals surface area contributed by atoms with Gasteiger partial charge in [0.1, 0.15) is 0 Å². The van der Waals surface area contributed by atoms with E-state index in [1.807, 2.05) is 29.3 Å².